The Morgan fingerprint density at radius 1 is 1.24 bits per heavy atom. The van der Waals surface area contributed by atoms with E-state index in [4.69, 9.17) is 0 Å². The van der Waals surface area contributed by atoms with Crippen LogP contribution in [0.15, 0.2) is 0 Å². The molecule has 0 bridgehead atoms. The first-order valence-electron chi connectivity index (χ1n) is 6.77. The molecule has 0 radical (unpaired) electrons. The van der Waals surface area contributed by atoms with Crippen molar-refractivity contribution in [2.75, 3.05) is 6.54 Å². The summed E-state index contributed by atoms with van der Waals surface area (Å²) in [6.45, 7) is 6.82. The zero-order valence-corrected chi connectivity index (χ0v) is 11.5. The van der Waals surface area contributed by atoms with E-state index in [2.05, 4.69) is 17.6 Å². The summed E-state index contributed by atoms with van der Waals surface area (Å²) in [7, 11) is 0. The van der Waals surface area contributed by atoms with Crippen LogP contribution in [0.4, 0.5) is 0 Å². The predicted octanol–water partition coefficient (Wildman–Crippen LogP) is 1.78. The number of unbranched alkanes of at least 4 members (excludes halogenated alkanes) is 2. The average molecular weight is 244 g/mol. The van der Waals surface area contributed by atoms with Crippen molar-refractivity contribution in [3.05, 3.63) is 0 Å². The Bertz CT molecular complexity index is 196. The van der Waals surface area contributed by atoms with Gasteiger partial charge in [0.25, 0.3) is 0 Å². The molecule has 1 amide bonds. The van der Waals surface area contributed by atoms with Gasteiger partial charge in [-0.25, -0.2) is 0 Å². The molecular formula is C13H28N2O2. The van der Waals surface area contributed by atoms with E-state index in [1.54, 1.807) is 0 Å². The van der Waals surface area contributed by atoms with Gasteiger partial charge in [-0.1, -0.05) is 13.3 Å². The zero-order valence-electron chi connectivity index (χ0n) is 11.5. The van der Waals surface area contributed by atoms with Crippen molar-refractivity contribution < 1.29 is 9.90 Å². The molecule has 0 saturated heterocycles. The highest BCUT2D eigenvalue weighted by molar-refractivity contribution is 5.75. The fraction of sp³-hybridized carbons (Fsp3) is 0.923. The van der Waals surface area contributed by atoms with Crippen molar-refractivity contribution in [3.63, 3.8) is 0 Å². The van der Waals surface area contributed by atoms with Gasteiger partial charge >= 0.3 is 0 Å². The zero-order chi connectivity index (χ0) is 13.1. The molecule has 0 aliphatic carbocycles. The van der Waals surface area contributed by atoms with Gasteiger partial charge in [0.15, 0.2) is 0 Å². The molecule has 0 aliphatic rings. The quantitative estimate of drug-likeness (QED) is 0.405. The maximum Gasteiger partial charge on any atom is 0.219 e. The molecule has 0 aromatic heterocycles. The fourth-order valence-corrected chi connectivity index (χ4v) is 1.58. The van der Waals surface area contributed by atoms with Gasteiger partial charge < -0.3 is 10.4 Å². The second kappa shape index (κ2) is 10.5. The lowest BCUT2D eigenvalue weighted by atomic mass is 10.2. The molecule has 17 heavy (non-hydrogen) atoms. The monoisotopic (exact) mass is 244 g/mol. The molecule has 0 fully saturated rings. The number of aliphatic hydroxyl groups excluding tert-OH is 1. The van der Waals surface area contributed by atoms with Crippen molar-refractivity contribution in [2.45, 2.75) is 71.6 Å². The van der Waals surface area contributed by atoms with Crippen LogP contribution in [0.2, 0.25) is 0 Å². The summed E-state index contributed by atoms with van der Waals surface area (Å²) in [6, 6.07) is 0.304. The number of aliphatic hydroxyl groups is 1. The first-order valence-corrected chi connectivity index (χ1v) is 6.77. The normalized spacial score (nSPS) is 12.8. The Hall–Kier alpha value is -0.610. The van der Waals surface area contributed by atoms with Crippen LogP contribution in [0.3, 0.4) is 0 Å². The lowest BCUT2D eigenvalue weighted by Crippen LogP contribution is -2.34. The van der Waals surface area contributed by atoms with Crippen molar-refractivity contribution in [3.8, 4) is 0 Å². The summed E-state index contributed by atoms with van der Waals surface area (Å²) in [5, 5.41) is 15.5. The molecule has 4 nitrogen and oxygen atoms in total. The van der Waals surface area contributed by atoms with Gasteiger partial charge in [-0.15, -0.1) is 0 Å². The highest BCUT2D eigenvalue weighted by Crippen LogP contribution is 1.99. The Kier molecular flexibility index (Phi) is 10.2. The molecule has 1 atom stereocenters. The number of carbonyl (C=O) groups is 1. The Balaban J connectivity index is 3.31. The molecule has 0 heterocycles. The Morgan fingerprint density at radius 3 is 2.53 bits per heavy atom. The van der Waals surface area contributed by atoms with E-state index in [0.29, 0.717) is 12.5 Å². The third-order valence-corrected chi connectivity index (χ3v) is 2.51. The van der Waals surface area contributed by atoms with E-state index in [0.717, 1.165) is 38.6 Å². The van der Waals surface area contributed by atoms with Gasteiger partial charge in [-0.2, -0.15) is 0 Å². The van der Waals surface area contributed by atoms with E-state index in [-0.39, 0.29) is 5.91 Å². The van der Waals surface area contributed by atoms with Crippen molar-refractivity contribution in [2.24, 2.45) is 0 Å². The molecule has 0 rings (SSSR count). The number of amides is 1. The van der Waals surface area contributed by atoms with E-state index < -0.39 is 6.23 Å². The lowest BCUT2D eigenvalue weighted by Gasteiger charge is -2.15. The summed E-state index contributed by atoms with van der Waals surface area (Å²) in [5.41, 5.74) is 0. The maximum atomic E-state index is 11.3. The largest absolute Gasteiger partial charge is 0.379 e. The van der Waals surface area contributed by atoms with Crippen LogP contribution in [0, 0.1) is 0 Å². The Morgan fingerprint density at radius 2 is 1.94 bits per heavy atom. The average Bonchev–Trinajstić information content (AvgIpc) is 2.24. The minimum absolute atomic E-state index is 0.146. The molecule has 0 aromatic rings. The van der Waals surface area contributed by atoms with Gasteiger partial charge in [0.1, 0.15) is 6.23 Å². The molecule has 102 valence electrons. The van der Waals surface area contributed by atoms with Crippen LogP contribution in [0.25, 0.3) is 0 Å². The number of hydrogen-bond donors (Lipinski definition) is 3. The highest BCUT2D eigenvalue weighted by Gasteiger charge is 2.04. The first-order chi connectivity index (χ1) is 8.06. The second-order valence-electron chi connectivity index (χ2n) is 4.79. The lowest BCUT2D eigenvalue weighted by molar-refractivity contribution is -0.121. The van der Waals surface area contributed by atoms with Crippen LogP contribution < -0.4 is 10.6 Å². The summed E-state index contributed by atoms with van der Waals surface area (Å²) < 4.78 is 0. The third-order valence-electron chi connectivity index (χ3n) is 2.51. The van der Waals surface area contributed by atoms with Crippen LogP contribution in [0.1, 0.15) is 59.3 Å². The first kappa shape index (κ1) is 16.4. The SMILES string of the molecule is CCCCC(=O)NCCCC[C@@H](O)NC(C)C. The summed E-state index contributed by atoms with van der Waals surface area (Å²) in [6.07, 6.45) is 4.81. The second-order valence-corrected chi connectivity index (χ2v) is 4.79. The minimum atomic E-state index is -0.425. The van der Waals surface area contributed by atoms with Crippen LogP contribution in [0.5, 0.6) is 0 Å². The fourth-order valence-electron chi connectivity index (χ4n) is 1.58. The van der Waals surface area contributed by atoms with Crippen molar-refractivity contribution in [1.29, 1.82) is 0 Å². The highest BCUT2D eigenvalue weighted by atomic mass is 16.3. The molecule has 3 N–H and O–H groups in total. The maximum absolute atomic E-state index is 11.3. The molecular weight excluding hydrogens is 216 g/mol. The summed E-state index contributed by atoms with van der Waals surface area (Å²) >= 11 is 0. The minimum Gasteiger partial charge on any atom is -0.379 e. The van der Waals surface area contributed by atoms with Crippen molar-refractivity contribution in [1.82, 2.24) is 10.6 Å². The number of carbonyl (C=O) groups excluding carboxylic acids is 1. The molecule has 0 saturated carbocycles. The van der Waals surface area contributed by atoms with Gasteiger partial charge in [-0.05, 0) is 39.5 Å². The van der Waals surface area contributed by atoms with Crippen LogP contribution in [-0.2, 0) is 4.79 Å². The molecule has 0 spiro atoms. The van der Waals surface area contributed by atoms with Gasteiger partial charge in [0, 0.05) is 19.0 Å². The van der Waals surface area contributed by atoms with E-state index in [1.807, 2.05) is 13.8 Å². The molecule has 0 unspecified atom stereocenters. The smallest absolute Gasteiger partial charge is 0.219 e. The van der Waals surface area contributed by atoms with E-state index >= 15 is 0 Å². The molecule has 0 aromatic carbocycles. The van der Waals surface area contributed by atoms with Crippen LogP contribution in [-0.4, -0.2) is 29.8 Å². The van der Waals surface area contributed by atoms with Crippen LogP contribution >= 0.6 is 0 Å². The summed E-state index contributed by atoms with van der Waals surface area (Å²) in [5.74, 6) is 0.146. The predicted molar refractivity (Wildman–Crippen MR) is 70.7 cm³/mol. The van der Waals surface area contributed by atoms with Gasteiger partial charge in [0.2, 0.25) is 5.91 Å². The third kappa shape index (κ3) is 11.6. The molecule has 0 aliphatic heterocycles. The van der Waals surface area contributed by atoms with Gasteiger partial charge in [0.05, 0.1) is 0 Å². The Labute approximate surface area is 105 Å². The van der Waals surface area contributed by atoms with Crippen molar-refractivity contribution >= 4 is 5.91 Å². The number of hydrogen-bond acceptors (Lipinski definition) is 3. The number of rotatable bonds is 10. The van der Waals surface area contributed by atoms with E-state index in [9.17, 15) is 9.90 Å². The van der Waals surface area contributed by atoms with E-state index in [1.165, 1.54) is 0 Å². The standard InChI is InChI=1S/C13H28N2O2/c1-4-5-8-12(16)14-10-7-6-9-13(17)15-11(2)3/h11,13,15,17H,4-10H2,1-3H3,(H,14,16)/t13-/m1/s1. The number of nitrogens with one attached hydrogen (secondary N) is 2. The summed E-state index contributed by atoms with van der Waals surface area (Å²) in [4.78, 5) is 11.3. The molecule has 4 heteroatoms. The van der Waals surface area contributed by atoms with Gasteiger partial charge in [-0.3, -0.25) is 10.1 Å². The topological polar surface area (TPSA) is 61.4 Å².